The highest BCUT2D eigenvalue weighted by Gasteiger charge is 2.26. The van der Waals surface area contributed by atoms with E-state index >= 15 is 0 Å². The number of rotatable bonds is 4. The predicted octanol–water partition coefficient (Wildman–Crippen LogP) is 1.98. The van der Waals surface area contributed by atoms with Crippen LogP contribution in [0.5, 0.6) is 0 Å². The Kier molecular flexibility index (Phi) is 5.71. The van der Waals surface area contributed by atoms with Crippen molar-refractivity contribution in [3.63, 3.8) is 0 Å². The molecule has 10 heteroatoms. The van der Waals surface area contributed by atoms with Crippen LogP contribution in [0.25, 0.3) is 5.69 Å². The average molecular weight is 429 g/mol. The van der Waals surface area contributed by atoms with Gasteiger partial charge in [-0.25, -0.2) is 9.07 Å². The lowest BCUT2D eigenvalue weighted by atomic mass is 10.1. The molecule has 30 heavy (non-hydrogen) atoms. The smallest absolute Gasteiger partial charge is 0.255 e. The van der Waals surface area contributed by atoms with Gasteiger partial charge in [0.25, 0.3) is 5.91 Å². The number of carbonyl (C=O) groups is 2. The third kappa shape index (κ3) is 4.30. The van der Waals surface area contributed by atoms with Gasteiger partial charge in [-0.2, -0.15) is 0 Å². The first-order chi connectivity index (χ1) is 14.5. The summed E-state index contributed by atoms with van der Waals surface area (Å²) in [6.45, 7) is 1.67. The van der Waals surface area contributed by atoms with Crippen LogP contribution in [0.2, 0.25) is 5.02 Å². The van der Waals surface area contributed by atoms with E-state index in [4.69, 9.17) is 11.6 Å². The molecule has 0 radical (unpaired) electrons. The summed E-state index contributed by atoms with van der Waals surface area (Å²) in [4.78, 5) is 28.6. The zero-order chi connectivity index (χ0) is 21.1. The fourth-order valence-corrected chi connectivity index (χ4v) is 3.57. The Bertz CT molecular complexity index is 1050. The minimum Gasteiger partial charge on any atom is -0.339 e. The molecule has 2 amide bonds. The van der Waals surface area contributed by atoms with Gasteiger partial charge in [-0.05, 0) is 46.3 Å². The molecule has 2 aromatic carbocycles. The monoisotopic (exact) mass is 428 g/mol. The molecule has 2 heterocycles. The van der Waals surface area contributed by atoms with Crippen LogP contribution >= 0.6 is 11.6 Å². The van der Waals surface area contributed by atoms with Crippen LogP contribution in [0.1, 0.15) is 15.9 Å². The van der Waals surface area contributed by atoms with E-state index in [0.29, 0.717) is 26.2 Å². The summed E-state index contributed by atoms with van der Waals surface area (Å²) in [7, 11) is 0. The van der Waals surface area contributed by atoms with Crippen LogP contribution in [-0.2, 0) is 11.2 Å². The summed E-state index contributed by atoms with van der Waals surface area (Å²) >= 11 is 5.99. The molecule has 1 aliphatic heterocycles. The van der Waals surface area contributed by atoms with Crippen molar-refractivity contribution in [2.24, 2.45) is 0 Å². The third-order valence-electron chi connectivity index (χ3n) is 4.99. The molecule has 0 atom stereocenters. The lowest BCUT2D eigenvalue weighted by Crippen LogP contribution is -2.51. The van der Waals surface area contributed by atoms with Gasteiger partial charge in [-0.1, -0.05) is 23.7 Å². The first-order valence-corrected chi connectivity index (χ1v) is 9.73. The molecule has 1 aliphatic rings. The van der Waals surface area contributed by atoms with Crippen molar-refractivity contribution < 1.29 is 14.0 Å². The lowest BCUT2D eigenvalue weighted by molar-refractivity contribution is -0.131. The summed E-state index contributed by atoms with van der Waals surface area (Å²) in [5.41, 5.74) is 1.96. The second-order valence-electron chi connectivity index (χ2n) is 6.89. The third-order valence-corrected chi connectivity index (χ3v) is 5.30. The molecule has 0 bridgehead atoms. The van der Waals surface area contributed by atoms with Gasteiger partial charge in [0.1, 0.15) is 12.1 Å². The molecular formula is C20H18ClFN6O2. The summed E-state index contributed by atoms with van der Waals surface area (Å²) in [6, 6.07) is 11.2. The number of amides is 2. The number of carbonyl (C=O) groups excluding carboxylic acids is 2. The SMILES string of the molecule is O=C(Cc1ccc(-n2cnnn2)cc1)N1CCN(C(=O)c2ccc(F)cc2Cl)CC1. The number of piperazine rings is 1. The van der Waals surface area contributed by atoms with Gasteiger partial charge in [-0.3, -0.25) is 9.59 Å². The number of benzene rings is 2. The Morgan fingerprint density at radius 2 is 1.70 bits per heavy atom. The topological polar surface area (TPSA) is 84.2 Å². The number of nitrogens with zero attached hydrogens (tertiary/aromatic N) is 6. The van der Waals surface area contributed by atoms with Gasteiger partial charge in [0.05, 0.1) is 22.7 Å². The van der Waals surface area contributed by atoms with E-state index in [0.717, 1.165) is 17.3 Å². The van der Waals surface area contributed by atoms with Crippen LogP contribution < -0.4 is 0 Å². The van der Waals surface area contributed by atoms with Crippen molar-refractivity contribution in [1.82, 2.24) is 30.0 Å². The largest absolute Gasteiger partial charge is 0.339 e. The van der Waals surface area contributed by atoms with Gasteiger partial charge in [0.2, 0.25) is 5.91 Å². The number of hydrogen-bond acceptors (Lipinski definition) is 5. The number of tetrazole rings is 1. The van der Waals surface area contributed by atoms with Gasteiger partial charge in [0, 0.05) is 26.2 Å². The van der Waals surface area contributed by atoms with E-state index < -0.39 is 5.82 Å². The maximum atomic E-state index is 13.2. The Hall–Kier alpha value is -3.33. The number of aromatic nitrogens is 4. The molecule has 1 fully saturated rings. The summed E-state index contributed by atoms with van der Waals surface area (Å²) < 4.78 is 14.7. The highest BCUT2D eigenvalue weighted by Crippen LogP contribution is 2.20. The van der Waals surface area contributed by atoms with E-state index in [2.05, 4.69) is 15.5 Å². The van der Waals surface area contributed by atoms with E-state index in [1.807, 2.05) is 24.3 Å². The molecular weight excluding hydrogens is 411 g/mol. The standard InChI is InChI=1S/C20H18ClFN6O2/c21-18-12-15(22)3-6-17(18)20(30)27-9-7-26(8-10-27)19(29)11-14-1-4-16(5-2-14)28-13-23-24-25-28/h1-6,12-13H,7-11H2. The Morgan fingerprint density at radius 3 is 2.33 bits per heavy atom. The van der Waals surface area contributed by atoms with E-state index in [9.17, 15) is 14.0 Å². The number of hydrogen-bond donors (Lipinski definition) is 0. The van der Waals surface area contributed by atoms with E-state index in [1.54, 1.807) is 9.80 Å². The first kappa shape index (κ1) is 20.0. The summed E-state index contributed by atoms with van der Waals surface area (Å²) in [5.74, 6) is -0.750. The molecule has 154 valence electrons. The Morgan fingerprint density at radius 1 is 1.00 bits per heavy atom. The molecule has 3 aromatic rings. The zero-order valence-corrected chi connectivity index (χ0v) is 16.7. The van der Waals surface area contributed by atoms with E-state index in [-0.39, 0.29) is 28.8 Å². The second-order valence-corrected chi connectivity index (χ2v) is 7.30. The van der Waals surface area contributed by atoms with Crippen LogP contribution in [0, 0.1) is 5.82 Å². The average Bonchev–Trinajstić information content (AvgIpc) is 3.29. The molecule has 0 N–H and O–H groups in total. The van der Waals surface area contributed by atoms with Crippen molar-refractivity contribution in [1.29, 1.82) is 0 Å². The lowest BCUT2D eigenvalue weighted by Gasteiger charge is -2.35. The molecule has 1 saturated heterocycles. The predicted molar refractivity (Wildman–Crippen MR) is 107 cm³/mol. The molecule has 4 rings (SSSR count). The Balaban J connectivity index is 1.32. The van der Waals surface area contributed by atoms with Gasteiger partial charge >= 0.3 is 0 Å². The van der Waals surface area contributed by atoms with Gasteiger partial charge in [0.15, 0.2) is 0 Å². The van der Waals surface area contributed by atoms with Crippen molar-refractivity contribution >= 4 is 23.4 Å². The summed E-state index contributed by atoms with van der Waals surface area (Å²) in [6.07, 6.45) is 1.77. The quantitative estimate of drug-likeness (QED) is 0.634. The minimum atomic E-state index is -0.488. The minimum absolute atomic E-state index is 0.00270. The molecule has 0 unspecified atom stereocenters. The van der Waals surface area contributed by atoms with Crippen molar-refractivity contribution in [3.05, 3.63) is 70.8 Å². The van der Waals surface area contributed by atoms with Crippen molar-refractivity contribution in [2.45, 2.75) is 6.42 Å². The van der Waals surface area contributed by atoms with Crippen LogP contribution in [-0.4, -0.2) is 68.0 Å². The normalized spacial score (nSPS) is 14.1. The zero-order valence-electron chi connectivity index (χ0n) is 15.9. The molecule has 1 aromatic heterocycles. The van der Waals surface area contributed by atoms with Crippen molar-refractivity contribution in [3.8, 4) is 5.69 Å². The second kappa shape index (κ2) is 8.58. The van der Waals surface area contributed by atoms with Crippen LogP contribution in [0.3, 0.4) is 0 Å². The molecule has 0 aliphatic carbocycles. The molecule has 8 nitrogen and oxygen atoms in total. The highest BCUT2D eigenvalue weighted by atomic mass is 35.5. The number of halogens is 2. The highest BCUT2D eigenvalue weighted by molar-refractivity contribution is 6.33. The molecule has 0 spiro atoms. The maximum Gasteiger partial charge on any atom is 0.255 e. The maximum absolute atomic E-state index is 13.2. The van der Waals surface area contributed by atoms with Crippen LogP contribution in [0.15, 0.2) is 48.8 Å². The van der Waals surface area contributed by atoms with Crippen LogP contribution in [0.4, 0.5) is 4.39 Å². The fraction of sp³-hybridized carbons (Fsp3) is 0.250. The Labute approximate surface area is 176 Å². The molecule has 0 saturated carbocycles. The van der Waals surface area contributed by atoms with Gasteiger partial charge in [-0.15, -0.1) is 5.10 Å². The van der Waals surface area contributed by atoms with Crippen molar-refractivity contribution in [2.75, 3.05) is 26.2 Å². The fourth-order valence-electron chi connectivity index (χ4n) is 3.32. The first-order valence-electron chi connectivity index (χ1n) is 9.35. The summed E-state index contributed by atoms with van der Waals surface area (Å²) in [5, 5.41) is 11.1. The van der Waals surface area contributed by atoms with Gasteiger partial charge < -0.3 is 9.80 Å². The van der Waals surface area contributed by atoms with E-state index in [1.165, 1.54) is 23.1 Å².